The molecule has 0 spiro atoms. The average Bonchev–Trinajstić information content (AvgIpc) is 3.29. The molecule has 4 aromatic carbocycles. The zero-order valence-electron chi connectivity index (χ0n) is 37.4. The van der Waals surface area contributed by atoms with Gasteiger partial charge in [0.05, 0.1) is 53.9 Å². The third kappa shape index (κ3) is 11.6. The number of nitrogens with zero attached hydrogens (tertiary/aromatic N) is 6. The number of benzene rings is 4. The number of rotatable bonds is 13. The molecular formula is C45H54ClN13O6. The Kier molecular flexibility index (Phi) is 16.2. The molecule has 0 radical (unpaired) electrons. The normalized spacial score (nSPS) is 10.5. The Bertz CT molecular complexity index is 2710. The maximum absolute atomic E-state index is 6.04. The smallest absolute Gasteiger partial charge is 0.222 e. The highest BCUT2D eigenvalue weighted by Gasteiger charge is 2.17. The summed E-state index contributed by atoms with van der Waals surface area (Å²) in [6.07, 6.45) is 2.89. The van der Waals surface area contributed by atoms with Crippen molar-refractivity contribution in [2.24, 2.45) is 0 Å². The number of nitrogens with one attached hydrogen (secondary N) is 1. The van der Waals surface area contributed by atoms with Crippen LogP contribution in [0.25, 0.3) is 22.0 Å². The molecule has 0 aliphatic carbocycles. The molecule has 0 bridgehead atoms. The molecule has 0 amide bonds. The lowest BCUT2D eigenvalue weighted by Crippen LogP contribution is -2.06. The van der Waals surface area contributed by atoms with Gasteiger partial charge in [0.1, 0.15) is 17.5 Å². The van der Waals surface area contributed by atoms with Gasteiger partial charge in [-0.2, -0.15) is 15.0 Å². The molecule has 0 aliphatic heterocycles. The second kappa shape index (κ2) is 21.9. The van der Waals surface area contributed by atoms with Crippen LogP contribution in [-0.4, -0.2) is 72.6 Å². The van der Waals surface area contributed by atoms with Crippen LogP contribution in [0.1, 0.15) is 34.9 Å². The SMILES string of the molecule is CCc1nc(N)nc(N)c1-c1ccc(Cl)cc1.COc1cc(Cc2cnc(N)nc2N)cc(OC)c1OC.COc1cc(NCc2ccc3nc(N)nc(N)c3c2C)cc(OC)c1OC. The van der Waals surface area contributed by atoms with Gasteiger partial charge in [0.15, 0.2) is 23.0 Å². The number of hydrogen-bond donors (Lipinski definition) is 7. The number of anilines is 7. The van der Waals surface area contributed by atoms with Crippen molar-refractivity contribution in [2.75, 3.05) is 82.4 Å². The summed E-state index contributed by atoms with van der Waals surface area (Å²) in [5, 5.41) is 4.87. The molecule has 19 nitrogen and oxygen atoms in total. The van der Waals surface area contributed by atoms with Crippen LogP contribution in [0.4, 0.5) is 41.0 Å². The van der Waals surface area contributed by atoms with Gasteiger partial charge in [-0.05, 0) is 65.9 Å². The number of methoxy groups -OCH3 is 6. The van der Waals surface area contributed by atoms with E-state index in [0.29, 0.717) is 69.9 Å². The topological polar surface area (TPSA) is 301 Å². The Morgan fingerprint density at radius 3 is 1.66 bits per heavy atom. The first-order chi connectivity index (χ1) is 31.2. The van der Waals surface area contributed by atoms with Crippen LogP contribution in [0.2, 0.25) is 5.02 Å². The minimum Gasteiger partial charge on any atom is -0.493 e. The molecule has 3 aromatic heterocycles. The monoisotopic (exact) mass is 907 g/mol. The van der Waals surface area contributed by atoms with Crippen molar-refractivity contribution in [3.8, 4) is 45.6 Å². The fourth-order valence-electron chi connectivity index (χ4n) is 6.82. The van der Waals surface area contributed by atoms with E-state index < -0.39 is 0 Å². The highest BCUT2D eigenvalue weighted by molar-refractivity contribution is 6.30. The third-order valence-electron chi connectivity index (χ3n) is 9.96. The summed E-state index contributed by atoms with van der Waals surface area (Å²) in [7, 11) is 9.45. The minimum absolute atomic E-state index is 0.154. The molecular weight excluding hydrogens is 854 g/mol. The number of aromatic nitrogens is 6. The molecule has 13 N–H and O–H groups in total. The van der Waals surface area contributed by atoms with E-state index in [1.165, 1.54) is 0 Å². The second-order valence-corrected chi connectivity index (χ2v) is 14.4. The van der Waals surface area contributed by atoms with E-state index in [1.807, 2.05) is 74.5 Å². The van der Waals surface area contributed by atoms with Gasteiger partial charge in [-0.3, -0.25) is 0 Å². The number of ether oxygens (including phenoxy) is 6. The van der Waals surface area contributed by atoms with Crippen LogP contribution in [0, 0.1) is 6.92 Å². The summed E-state index contributed by atoms with van der Waals surface area (Å²) in [6, 6.07) is 18.7. The molecule has 0 saturated heterocycles. The summed E-state index contributed by atoms with van der Waals surface area (Å²) in [5.74, 6) is 5.10. The highest BCUT2D eigenvalue weighted by atomic mass is 35.5. The molecule has 0 saturated carbocycles. The first-order valence-electron chi connectivity index (χ1n) is 19.9. The van der Waals surface area contributed by atoms with Gasteiger partial charge in [-0.25, -0.2) is 15.0 Å². The van der Waals surface area contributed by atoms with Crippen molar-refractivity contribution in [2.45, 2.75) is 33.2 Å². The van der Waals surface area contributed by atoms with E-state index in [0.717, 1.165) is 62.1 Å². The average molecular weight is 908 g/mol. The van der Waals surface area contributed by atoms with Crippen molar-refractivity contribution in [1.82, 2.24) is 29.9 Å². The maximum atomic E-state index is 6.04. The number of nitrogens with two attached hydrogens (primary N) is 6. The van der Waals surface area contributed by atoms with E-state index in [2.05, 4.69) is 35.2 Å². The van der Waals surface area contributed by atoms with Gasteiger partial charge in [0, 0.05) is 58.5 Å². The third-order valence-corrected chi connectivity index (χ3v) is 10.2. The largest absolute Gasteiger partial charge is 0.493 e. The molecule has 20 heteroatoms. The minimum atomic E-state index is 0.154. The van der Waals surface area contributed by atoms with Gasteiger partial charge in [0.2, 0.25) is 29.3 Å². The Hall–Kier alpha value is -7.93. The quantitative estimate of drug-likeness (QED) is 0.0647. The van der Waals surface area contributed by atoms with Crippen LogP contribution < -0.4 is 68.1 Å². The predicted molar refractivity (Wildman–Crippen MR) is 257 cm³/mol. The van der Waals surface area contributed by atoms with Crippen molar-refractivity contribution < 1.29 is 28.4 Å². The van der Waals surface area contributed by atoms with Crippen LogP contribution in [0.5, 0.6) is 34.5 Å². The number of nitrogen functional groups attached to an aromatic ring is 6. The summed E-state index contributed by atoms with van der Waals surface area (Å²) < 4.78 is 32.1. The van der Waals surface area contributed by atoms with E-state index in [4.69, 9.17) is 74.4 Å². The molecule has 342 valence electrons. The van der Waals surface area contributed by atoms with Gasteiger partial charge < -0.3 is 68.1 Å². The summed E-state index contributed by atoms with van der Waals surface area (Å²) in [4.78, 5) is 24.4. The molecule has 65 heavy (non-hydrogen) atoms. The van der Waals surface area contributed by atoms with Gasteiger partial charge >= 0.3 is 0 Å². The van der Waals surface area contributed by atoms with E-state index in [9.17, 15) is 0 Å². The van der Waals surface area contributed by atoms with Crippen LogP contribution in [0.15, 0.2) is 66.9 Å². The lowest BCUT2D eigenvalue weighted by Gasteiger charge is -2.16. The Labute approximate surface area is 381 Å². The van der Waals surface area contributed by atoms with Crippen LogP contribution in [-0.2, 0) is 19.4 Å². The van der Waals surface area contributed by atoms with Crippen molar-refractivity contribution in [3.63, 3.8) is 0 Å². The number of fused-ring (bicyclic) bond motifs is 1. The first-order valence-corrected chi connectivity index (χ1v) is 20.2. The first kappa shape index (κ1) is 48.1. The highest BCUT2D eigenvalue weighted by Crippen LogP contribution is 2.41. The Balaban J connectivity index is 0.000000188. The molecule has 7 rings (SSSR count). The number of halogens is 1. The lowest BCUT2D eigenvalue weighted by atomic mass is 10.0. The molecule has 0 atom stereocenters. The fourth-order valence-corrected chi connectivity index (χ4v) is 6.94. The summed E-state index contributed by atoms with van der Waals surface area (Å²) in [5.41, 5.74) is 42.5. The zero-order chi connectivity index (χ0) is 47.4. The fraction of sp³-hybridized carbons (Fsp3) is 0.244. The van der Waals surface area contributed by atoms with E-state index >= 15 is 0 Å². The number of hydrogen-bond acceptors (Lipinski definition) is 19. The van der Waals surface area contributed by atoms with E-state index in [-0.39, 0.29) is 17.8 Å². The summed E-state index contributed by atoms with van der Waals surface area (Å²) in [6.45, 7) is 4.56. The summed E-state index contributed by atoms with van der Waals surface area (Å²) >= 11 is 5.86. The van der Waals surface area contributed by atoms with Crippen molar-refractivity contribution in [3.05, 3.63) is 99.8 Å². The van der Waals surface area contributed by atoms with Crippen molar-refractivity contribution >= 4 is 63.5 Å². The molecule has 7 aromatic rings. The molecule has 3 heterocycles. The van der Waals surface area contributed by atoms with Crippen LogP contribution in [0.3, 0.4) is 0 Å². The van der Waals surface area contributed by atoms with Gasteiger partial charge in [0.25, 0.3) is 0 Å². The van der Waals surface area contributed by atoms with E-state index in [1.54, 1.807) is 48.9 Å². The maximum Gasteiger partial charge on any atom is 0.222 e. The zero-order valence-corrected chi connectivity index (χ0v) is 38.2. The van der Waals surface area contributed by atoms with Crippen LogP contribution >= 0.6 is 11.6 Å². The Morgan fingerprint density at radius 2 is 1.12 bits per heavy atom. The standard InChI is InChI=1S/C19H23N5O3.C14H18N4O3.C12H13ClN4/c1-10-11(5-6-13-16(10)18(20)24-19(21)23-13)9-22-12-7-14(25-2)17(27-4)15(8-12)26-3;1-19-10-5-8(6-11(20-2)12(10)21-3)4-9-7-17-14(16)18-13(9)15;1-2-9-10(11(14)17-12(15)16-9)7-3-5-8(13)6-4-7/h5-8,22H,9H2,1-4H3,(H4,20,21,23,24);5-7H,4H2,1-3H3,(H4,15,16,17,18);3-6H,2H2,1H3,(H4,14,15,16,17). The van der Waals surface area contributed by atoms with Crippen molar-refractivity contribution in [1.29, 1.82) is 0 Å². The molecule has 0 fully saturated rings. The van der Waals surface area contributed by atoms with Gasteiger partial charge in [-0.15, -0.1) is 0 Å². The molecule has 0 unspecified atom stereocenters. The molecule has 0 aliphatic rings. The lowest BCUT2D eigenvalue weighted by molar-refractivity contribution is 0.324. The van der Waals surface area contributed by atoms with Gasteiger partial charge in [-0.1, -0.05) is 36.7 Å². The Morgan fingerprint density at radius 1 is 0.585 bits per heavy atom. The predicted octanol–water partition coefficient (Wildman–Crippen LogP) is 6.52. The second-order valence-electron chi connectivity index (χ2n) is 14.0. The number of aryl methyl sites for hydroxylation is 2.